The average molecular weight is 276 g/mol. The molecule has 1 atom stereocenters. The summed E-state index contributed by atoms with van der Waals surface area (Å²) in [5.74, 6) is -0.463. The number of phenolic OH excluding ortho intramolecular Hbond substituents is 2. The Morgan fingerprint density at radius 2 is 2.10 bits per heavy atom. The third-order valence-corrected chi connectivity index (χ3v) is 2.83. The third-order valence-electron chi connectivity index (χ3n) is 2.83. The molecule has 1 amide bonds. The molecule has 2 rings (SSSR count). The molecule has 5 N–H and O–H groups in total. The minimum Gasteiger partial charge on any atom is -0.507 e. The fraction of sp³-hybridized carbons (Fsp3) is 0.231. The first kappa shape index (κ1) is 13.7. The SMILES string of the molecule is CC(Nc1cnn(CC(N)=O)c1)c1c(O)cccc1O. The normalized spacial score (nSPS) is 12.1. The number of primary amides is 1. The number of anilines is 1. The number of hydrogen-bond donors (Lipinski definition) is 4. The van der Waals surface area contributed by atoms with Crippen LogP contribution in [0.25, 0.3) is 0 Å². The fourth-order valence-electron chi connectivity index (χ4n) is 1.99. The second kappa shape index (κ2) is 5.52. The molecule has 0 aliphatic heterocycles. The van der Waals surface area contributed by atoms with Gasteiger partial charge in [0.05, 0.1) is 23.5 Å². The fourth-order valence-corrected chi connectivity index (χ4v) is 1.99. The van der Waals surface area contributed by atoms with E-state index in [2.05, 4.69) is 10.4 Å². The Morgan fingerprint density at radius 3 is 2.70 bits per heavy atom. The standard InChI is InChI=1S/C13H16N4O3/c1-8(13-10(18)3-2-4-11(13)19)16-9-5-15-17(6-9)7-12(14)20/h2-6,8,16,18-19H,7H2,1H3,(H2,14,20). The van der Waals surface area contributed by atoms with Crippen LogP contribution in [-0.4, -0.2) is 25.9 Å². The van der Waals surface area contributed by atoms with E-state index in [1.54, 1.807) is 19.2 Å². The number of rotatable bonds is 5. The lowest BCUT2D eigenvalue weighted by atomic mass is 10.1. The van der Waals surface area contributed by atoms with E-state index < -0.39 is 5.91 Å². The number of amides is 1. The lowest BCUT2D eigenvalue weighted by molar-refractivity contribution is -0.118. The summed E-state index contributed by atoms with van der Waals surface area (Å²) in [6, 6.07) is 4.24. The van der Waals surface area contributed by atoms with Gasteiger partial charge in [0.1, 0.15) is 18.0 Å². The minimum atomic E-state index is -0.481. The van der Waals surface area contributed by atoms with E-state index in [1.807, 2.05) is 0 Å². The molecule has 2 aromatic rings. The first-order chi connectivity index (χ1) is 9.47. The molecule has 0 saturated heterocycles. The molecule has 1 aromatic carbocycles. The minimum absolute atomic E-state index is 0.00209. The van der Waals surface area contributed by atoms with Crippen molar-refractivity contribution in [1.29, 1.82) is 0 Å². The number of aromatic hydroxyl groups is 2. The van der Waals surface area contributed by atoms with Crippen LogP contribution in [0, 0.1) is 0 Å². The van der Waals surface area contributed by atoms with Crippen molar-refractivity contribution in [2.45, 2.75) is 19.5 Å². The van der Waals surface area contributed by atoms with Crippen LogP contribution in [0.15, 0.2) is 30.6 Å². The highest BCUT2D eigenvalue weighted by Gasteiger charge is 2.15. The summed E-state index contributed by atoms with van der Waals surface area (Å²) in [5, 5.41) is 26.6. The lowest BCUT2D eigenvalue weighted by Crippen LogP contribution is -2.18. The molecule has 7 heteroatoms. The van der Waals surface area contributed by atoms with Gasteiger partial charge in [0.15, 0.2) is 0 Å². The maximum atomic E-state index is 10.8. The predicted molar refractivity (Wildman–Crippen MR) is 73.2 cm³/mol. The van der Waals surface area contributed by atoms with Gasteiger partial charge >= 0.3 is 0 Å². The number of aromatic nitrogens is 2. The van der Waals surface area contributed by atoms with Crippen molar-refractivity contribution < 1.29 is 15.0 Å². The molecule has 0 saturated carbocycles. The zero-order chi connectivity index (χ0) is 14.7. The molecule has 0 bridgehead atoms. The van der Waals surface area contributed by atoms with Crippen LogP contribution >= 0.6 is 0 Å². The Morgan fingerprint density at radius 1 is 1.45 bits per heavy atom. The van der Waals surface area contributed by atoms with Crippen molar-refractivity contribution in [3.63, 3.8) is 0 Å². The molecule has 0 aliphatic carbocycles. The molecule has 0 spiro atoms. The van der Waals surface area contributed by atoms with Crippen molar-refractivity contribution in [1.82, 2.24) is 9.78 Å². The zero-order valence-electron chi connectivity index (χ0n) is 10.9. The summed E-state index contributed by atoms with van der Waals surface area (Å²) >= 11 is 0. The number of nitrogens with one attached hydrogen (secondary N) is 1. The first-order valence-corrected chi connectivity index (χ1v) is 6.05. The van der Waals surface area contributed by atoms with E-state index in [9.17, 15) is 15.0 Å². The molecular weight excluding hydrogens is 260 g/mol. The van der Waals surface area contributed by atoms with Gasteiger partial charge in [-0.15, -0.1) is 0 Å². The topological polar surface area (TPSA) is 113 Å². The lowest BCUT2D eigenvalue weighted by Gasteiger charge is -2.16. The Hall–Kier alpha value is -2.70. The Labute approximate surface area is 115 Å². The molecule has 0 fully saturated rings. The summed E-state index contributed by atoms with van der Waals surface area (Å²) in [6.45, 7) is 1.79. The predicted octanol–water partition coefficient (Wildman–Crippen LogP) is 0.953. The van der Waals surface area contributed by atoms with Crippen molar-refractivity contribution in [3.8, 4) is 11.5 Å². The van der Waals surface area contributed by atoms with Crippen LogP contribution in [0.4, 0.5) is 5.69 Å². The Balaban J connectivity index is 2.13. The highest BCUT2D eigenvalue weighted by molar-refractivity contribution is 5.73. The van der Waals surface area contributed by atoms with Gasteiger partial charge in [-0.05, 0) is 19.1 Å². The van der Waals surface area contributed by atoms with Gasteiger partial charge in [-0.2, -0.15) is 5.10 Å². The highest BCUT2D eigenvalue weighted by atomic mass is 16.3. The van der Waals surface area contributed by atoms with Gasteiger partial charge in [0.25, 0.3) is 0 Å². The van der Waals surface area contributed by atoms with Crippen LogP contribution in [0.1, 0.15) is 18.5 Å². The number of benzene rings is 1. The molecule has 1 unspecified atom stereocenters. The summed E-state index contributed by atoms with van der Waals surface area (Å²) in [6.07, 6.45) is 3.16. The van der Waals surface area contributed by atoms with Gasteiger partial charge in [-0.1, -0.05) is 6.07 Å². The third kappa shape index (κ3) is 3.00. The number of hydrogen-bond acceptors (Lipinski definition) is 5. The van der Waals surface area contributed by atoms with Crippen LogP contribution in [0.3, 0.4) is 0 Å². The van der Waals surface area contributed by atoms with Gasteiger partial charge in [-0.3, -0.25) is 9.48 Å². The van der Waals surface area contributed by atoms with Crippen molar-refractivity contribution in [2.24, 2.45) is 5.73 Å². The number of nitrogens with zero attached hydrogens (tertiary/aromatic N) is 2. The molecule has 20 heavy (non-hydrogen) atoms. The number of phenols is 2. The summed E-state index contributed by atoms with van der Waals surface area (Å²) in [4.78, 5) is 10.8. The Kier molecular flexibility index (Phi) is 3.79. The maximum absolute atomic E-state index is 10.8. The van der Waals surface area contributed by atoms with E-state index in [0.29, 0.717) is 11.3 Å². The zero-order valence-corrected chi connectivity index (χ0v) is 10.9. The molecule has 1 aromatic heterocycles. The molecule has 0 aliphatic rings. The van der Waals surface area contributed by atoms with Crippen LogP contribution < -0.4 is 11.1 Å². The summed E-state index contributed by atoms with van der Waals surface area (Å²) < 4.78 is 1.40. The molecule has 106 valence electrons. The number of carbonyl (C=O) groups is 1. The van der Waals surface area contributed by atoms with Crippen LogP contribution in [-0.2, 0) is 11.3 Å². The smallest absolute Gasteiger partial charge is 0.239 e. The van der Waals surface area contributed by atoms with Gasteiger partial charge < -0.3 is 21.3 Å². The summed E-state index contributed by atoms with van der Waals surface area (Å²) in [5.41, 5.74) is 6.13. The molecule has 7 nitrogen and oxygen atoms in total. The van der Waals surface area contributed by atoms with Crippen molar-refractivity contribution in [2.75, 3.05) is 5.32 Å². The quantitative estimate of drug-likeness (QED) is 0.649. The van der Waals surface area contributed by atoms with Crippen molar-refractivity contribution in [3.05, 3.63) is 36.2 Å². The highest BCUT2D eigenvalue weighted by Crippen LogP contribution is 2.33. The molecular formula is C13H16N4O3. The van der Waals surface area contributed by atoms with Crippen LogP contribution in [0.2, 0.25) is 0 Å². The Bertz CT molecular complexity index is 604. The van der Waals surface area contributed by atoms with Gasteiger partial charge in [0, 0.05) is 6.20 Å². The van der Waals surface area contributed by atoms with Crippen molar-refractivity contribution >= 4 is 11.6 Å². The molecule has 0 radical (unpaired) electrons. The average Bonchev–Trinajstić information content (AvgIpc) is 2.75. The second-order valence-corrected chi connectivity index (χ2v) is 4.47. The van der Waals surface area contributed by atoms with E-state index in [1.165, 1.54) is 23.0 Å². The monoisotopic (exact) mass is 276 g/mol. The second-order valence-electron chi connectivity index (χ2n) is 4.47. The summed E-state index contributed by atoms with van der Waals surface area (Å²) in [7, 11) is 0. The van der Waals surface area contributed by atoms with E-state index in [-0.39, 0.29) is 24.1 Å². The number of carbonyl (C=O) groups excluding carboxylic acids is 1. The van der Waals surface area contributed by atoms with Gasteiger partial charge in [0.2, 0.25) is 5.91 Å². The largest absolute Gasteiger partial charge is 0.507 e. The molecule has 1 heterocycles. The van der Waals surface area contributed by atoms with E-state index in [0.717, 1.165) is 0 Å². The van der Waals surface area contributed by atoms with E-state index >= 15 is 0 Å². The number of nitrogens with two attached hydrogens (primary N) is 1. The van der Waals surface area contributed by atoms with Gasteiger partial charge in [-0.25, -0.2) is 0 Å². The first-order valence-electron chi connectivity index (χ1n) is 6.05. The van der Waals surface area contributed by atoms with E-state index in [4.69, 9.17) is 5.73 Å². The maximum Gasteiger partial charge on any atom is 0.239 e. The van der Waals surface area contributed by atoms with Crippen LogP contribution in [0.5, 0.6) is 11.5 Å².